The van der Waals surface area contributed by atoms with Gasteiger partial charge in [0.25, 0.3) is 0 Å². The lowest BCUT2D eigenvalue weighted by atomic mass is 9.92. The summed E-state index contributed by atoms with van der Waals surface area (Å²) in [5, 5.41) is 12.8. The van der Waals surface area contributed by atoms with Gasteiger partial charge in [0.1, 0.15) is 5.75 Å². The predicted molar refractivity (Wildman–Crippen MR) is 82.3 cm³/mol. The van der Waals surface area contributed by atoms with E-state index in [1.807, 2.05) is 31.2 Å². The fraction of sp³-hybridized carbons (Fsp3) is 0.588. The van der Waals surface area contributed by atoms with E-state index in [9.17, 15) is 9.90 Å². The molecule has 1 saturated carbocycles. The Labute approximate surface area is 126 Å². The molecule has 21 heavy (non-hydrogen) atoms. The minimum atomic E-state index is -0.383. The maximum Gasteiger partial charge on any atom is 0.220 e. The molecule has 0 aromatic heterocycles. The van der Waals surface area contributed by atoms with Gasteiger partial charge in [-0.1, -0.05) is 30.5 Å². The van der Waals surface area contributed by atoms with Crippen molar-refractivity contribution in [3.8, 4) is 5.75 Å². The second-order valence-electron chi connectivity index (χ2n) is 5.79. The van der Waals surface area contributed by atoms with Gasteiger partial charge in [-0.05, 0) is 38.3 Å². The monoisotopic (exact) mass is 291 g/mol. The average molecular weight is 291 g/mol. The lowest BCUT2D eigenvalue weighted by molar-refractivity contribution is -0.123. The van der Waals surface area contributed by atoms with Crippen LogP contribution >= 0.6 is 0 Å². The molecule has 4 nitrogen and oxygen atoms in total. The highest BCUT2D eigenvalue weighted by molar-refractivity contribution is 5.76. The Kier molecular flexibility index (Phi) is 6.05. The maximum atomic E-state index is 11.8. The van der Waals surface area contributed by atoms with Crippen molar-refractivity contribution in [3.05, 3.63) is 29.8 Å². The summed E-state index contributed by atoms with van der Waals surface area (Å²) in [7, 11) is 0. The van der Waals surface area contributed by atoms with Gasteiger partial charge < -0.3 is 15.2 Å². The van der Waals surface area contributed by atoms with E-state index in [0.717, 1.165) is 31.4 Å². The first-order chi connectivity index (χ1) is 10.1. The summed E-state index contributed by atoms with van der Waals surface area (Å²) in [6, 6.07) is 7.82. The van der Waals surface area contributed by atoms with Gasteiger partial charge in [0, 0.05) is 6.42 Å². The summed E-state index contributed by atoms with van der Waals surface area (Å²) >= 11 is 0. The number of benzene rings is 1. The minimum Gasteiger partial charge on any atom is -0.494 e. The first kappa shape index (κ1) is 15.8. The minimum absolute atomic E-state index is 0.00783. The molecule has 4 heteroatoms. The number of aliphatic hydroxyl groups excluding tert-OH is 1. The number of aliphatic hydroxyl groups is 1. The Balaban J connectivity index is 1.61. The molecule has 0 saturated heterocycles. The number of ether oxygens (including phenoxy) is 1. The van der Waals surface area contributed by atoms with Crippen LogP contribution in [0.4, 0.5) is 0 Å². The molecule has 0 heterocycles. The standard InChI is InChI=1S/C17H25NO3/c1-13-8-10-14(11-9-13)21-12-4-7-17(20)18-15-5-2-3-6-16(15)19/h8-11,15-16,19H,2-7,12H2,1H3,(H,18,20)/t15-,16-/m0/s1. The lowest BCUT2D eigenvalue weighted by Crippen LogP contribution is -2.45. The highest BCUT2D eigenvalue weighted by Crippen LogP contribution is 2.18. The largest absolute Gasteiger partial charge is 0.494 e. The van der Waals surface area contributed by atoms with Crippen LogP contribution < -0.4 is 10.1 Å². The zero-order valence-corrected chi connectivity index (χ0v) is 12.7. The Hall–Kier alpha value is -1.55. The Morgan fingerprint density at radius 1 is 1.29 bits per heavy atom. The van der Waals surface area contributed by atoms with E-state index in [4.69, 9.17) is 4.74 Å². The number of rotatable bonds is 6. The number of amides is 1. The highest BCUT2D eigenvalue weighted by atomic mass is 16.5. The number of nitrogens with one attached hydrogen (secondary N) is 1. The third-order valence-electron chi connectivity index (χ3n) is 3.91. The van der Waals surface area contributed by atoms with E-state index in [2.05, 4.69) is 5.32 Å². The van der Waals surface area contributed by atoms with Crippen LogP contribution in [0.5, 0.6) is 5.75 Å². The third kappa shape index (κ3) is 5.38. The Bertz CT molecular complexity index is 444. The number of aryl methyl sites for hydroxylation is 1. The van der Waals surface area contributed by atoms with E-state index in [-0.39, 0.29) is 18.1 Å². The first-order valence-electron chi connectivity index (χ1n) is 7.82. The molecule has 1 aliphatic rings. The first-order valence-corrected chi connectivity index (χ1v) is 7.82. The molecule has 2 rings (SSSR count). The van der Waals surface area contributed by atoms with Crippen molar-refractivity contribution in [3.63, 3.8) is 0 Å². The van der Waals surface area contributed by atoms with Crippen molar-refractivity contribution in [1.29, 1.82) is 0 Å². The third-order valence-corrected chi connectivity index (χ3v) is 3.91. The van der Waals surface area contributed by atoms with Crippen LogP contribution in [0.15, 0.2) is 24.3 Å². The molecule has 2 atom stereocenters. The fourth-order valence-corrected chi connectivity index (χ4v) is 2.62. The molecule has 1 amide bonds. The van der Waals surface area contributed by atoms with Crippen LogP contribution in [0, 0.1) is 6.92 Å². The van der Waals surface area contributed by atoms with Crippen molar-refractivity contribution in [2.24, 2.45) is 0 Å². The summed E-state index contributed by atoms with van der Waals surface area (Å²) in [4.78, 5) is 11.8. The molecular weight excluding hydrogens is 266 g/mol. The predicted octanol–water partition coefficient (Wildman–Crippen LogP) is 2.57. The molecule has 2 N–H and O–H groups in total. The van der Waals surface area contributed by atoms with Crippen molar-refractivity contribution in [2.45, 2.75) is 57.6 Å². The molecule has 0 spiro atoms. The zero-order chi connectivity index (χ0) is 15.1. The SMILES string of the molecule is Cc1ccc(OCCCC(=O)N[C@H]2CCCC[C@@H]2O)cc1. The van der Waals surface area contributed by atoms with E-state index in [0.29, 0.717) is 19.4 Å². The molecule has 1 fully saturated rings. The zero-order valence-electron chi connectivity index (χ0n) is 12.7. The van der Waals surface area contributed by atoms with E-state index in [1.165, 1.54) is 5.56 Å². The quantitative estimate of drug-likeness (QED) is 0.792. The van der Waals surface area contributed by atoms with E-state index >= 15 is 0 Å². The van der Waals surface area contributed by atoms with E-state index in [1.54, 1.807) is 0 Å². The van der Waals surface area contributed by atoms with Crippen LogP contribution in [-0.2, 0) is 4.79 Å². The summed E-state index contributed by atoms with van der Waals surface area (Å²) in [6.07, 6.45) is 4.55. The van der Waals surface area contributed by atoms with Crippen LogP contribution in [0.3, 0.4) is 0 Å². The Morgan fingerprint density at radius 2 is 2.00 bits per heavy atom. The van der Waals surface area contributed by atoms with Gasteiger partial charge in [-0.2, -0.15) is 0 Å². The molecule has 116 valence electrons. The van der Waals surface area contributed by atoms with Gasteiger partial charge in [0.2, 0.25) is 5.91 Å². The second kappa shape index (κ2) is 8.03. The van der Waals surface area contributed by atoms with Gasteiger partial charge in [0.05, 0.1) is 18.8 Å². The van der Waals surface area contributed by atoms with Crippen molar-refractivity contribution in [1.82, 2.24) is 5.32 Å². The van der Waals surface area contributed by atoms with Crippen LogP contribution in [0.25, 0.3) is 0 Å². The van der Waals surface area contributed by atoms with Crippen molar-refractivity contribution >= 4 is 5.91 Å². The molecule has 1 aromatic rings. The van der Waals surface area contributed by atoms with Crippen LogP contribution in [-0.4, -0.2) is 29.8 Å². The number of carbonyl (C=O) groups is 1. The number of carbonyl (C=O) groups excluding carboxylic acids is 1. The molecule has 0 unspecified atom stereocenters. The lowest BCUT2D eigenvalue weighted by Gasteiger charge is -2.28. The summed E-state index contributed by atoms with van der Waals surface area (Å²) in [5.41, 5.74) is 1.20. The molecule has 0 aliphatic heterocycles. The van der Waals surface area contributed by atoms with Crippen molar-refractivity contribution in [2.75, 3.05) is 6.61 Å². The second-order valence-corrected chi connectivity index (χ2v) is 5.79. The normalized spacial score (nSPS) is 21.8. The topological polar surface area (TPSA) is 58.6 Å². The van der Waals surface area contributed by atoms with Crippen LogP contribution in [0.1, 0.15) is 44.1 Å². The number of hydrogen-bond acceptors (Lipinski definition) is 3. The summed E-state index contributed by atoms with van der Waals surface area (Å²) in [6.45, 7) is 2.57. The number of hydrogen-bond donors (Lipinski definition) is 2. The molecule has 0 radical (unpaired) electrons. The van der Waals surface area contributed by atoms with Gasteiger partial charge in [-0.3, -0.25) is 4.79 Å². The smallest absolute Gasteiger partial charge is 0.220 e. The summed E-state index contributed by atoms with van der Waals surface area (Å²) in [5.74, 6) is 0.845. The molecular formula is C17H25NO3. The Morgan fingerprint density at radius 3 is 2.71 bits per heavy atom. The molecule has 0 bridgehead atoms. The molecule has 1 aromatic carbocycles. The van der Waals surface area contributed by atoms with Gasteiger partial charge >= 0.3 is 0 Å². The van der Waals surface area contributed by atoms with Gasteiger partial charge in [0.15, 0.2) is 0 Å². The molecule has 1 aliphatic carbocycles. The van der Waals surface area contributed by atoms with Crippen LogP contribution in [0.2, 0.25) is 0 Å². The van der Waals surface area contributed by atoms with Gasteiger partial charge in [-0.25, -0.2) is 0 Å². The van der Waals surface area contributed by atoms with E-state index < -0.39 is 0 Å². The highest BCUT2D eigenvalue weighted by Gasteiger charge is 2.24. The maximum absolute atomic E-state index is 11.8. The average Bonchev–Trinajstić information content (AvgIpc) is 2.48. The van der Waals surface area contributed by atoms with Crippen molar-refractivity contribution < 1.29 is 14.6 Å². The fourth-order valence-electron chi connectivity index (χ4n) is 2.62. The summed E-state index contributed by atoms with van der Waals surface area (Å²) < 4.78 is 5.59. The van der Waals surface area contributed by atoms with Gasteiger partial charge in [-0.15, -0.1) is 0 Å².